The number of rotatable bonds is 4. The zero-order valence-electron chi connectivity index (χ0n) is 16.5. The minimum atomic E-state index is -0.746. The molecule has 32 heavy (non-hydrogen) atoms. The van der Waals surface area contributed by atoms with Gasteiger partial charge in [-0.3, -0.25) is 14.4 Å². The van der Waals surface area contributed by atoms with Gasteiger partial charge in [0.05, 0.1) is 42.5 Å². The van der Waals surface area contributed by atoms with E-state index < -0.39 is 17.7 Å². The molecule has 0 atom stereocenters. The van der Waals surface area contributed by atoms with Crippen molar-refractivity contribution in [2.24, 2.45) is 0 Å². The first-order valence-corrected chi connectivity index (χ1v) is 11.0. The molecule has 4 rings (SSSR count). The van der Waals surface area contributed by atoms with Gasteiger partial charge in [-0.15, -0.1) is 0 Å². The van der Waals surface area contributed by atoms with Gasteiger partial charge in [-0.2, -0.15) is 0 Å². The molecular weight excluding hydrogens is 494 g/mol. The van der Waals surface area contributed by atoms with Crippen LogP contribution >= 0.6 is 46.4 Å². The molecule has 0 fully saturated rings. The molecule has 0 radical (unpaired) electrons. The highest BCUT2D eigenvalue weighted by Crippen LogP contribution is 2.46. The van der Waals surface area contributed by atoms with E-state index >= 15 is 0 Å². The Balaban J connectivity index is 1.79. The van der Waals surface area contributed by atoms with E-state index in [1.54, 1.807) is 18.2 Å². The summed E-state index contributed by atoms with van der Waals surface area (Å²) < 4.78 is 0. The fourth-order valence-corrected chi connectivity index (χ4v) is 4.58. The number of halogens is 4. The van der Waals surface area contributed by atoms with Gasteiger partial charge in [-0.1, -0.05) is 83.7 Å². The largest absolute Gasteiger partial charge is 0.322 e. The number of para-hydroxylation sites is 2. The first-order chi connectivity index (χ1) is 15.3. The Morgan fingerprint density at radius 2 is 1.34 bits per heavy atom. The fraction of sp³-hybridized carbons (Fsp3) is 0.0870. The highest BCUT2D eigenvalue weighted by Gasteiger charge is 2.43. The molecule has 1 heterocycles. The molecule has 0 saturated carbocycles. The Labute approximate surface area is 203 Å². The molecule has 0 aliphatic carbocycles. The van der Waals surface area contributed by atoms with Gasteiger partial charge in [-0.05, 0) is 30.2 Å². The maximum absolute atomic E-state index is 13.2. The maximum Gasteiger partial charge on any atom is 0.267 e. The summed E-state index contributed by atoms with van der Waals surface area (Å²) in [5, 5.41) is 2.26. The summed E-state index contributed by atoms with van der Waals surface area (Å²) in [5.74, 6) is -1.97. The van der Waals surface area contributed by atoms with Crippen molar-refractivity contribution in [2.45, 2.75) is 13.3 Å². The monoisotopic (exact) mass is 506 g/mol. The van der Waals surface area contributed by atoms with Crippen molar-refractivity contribution in [2.75, 3.05) is 10.2 Å². The van der Waals surface area contributed by atoms with Gasteiger partial charge in [0, 0.05) is 5.69 Å². The molecular formula is C23H14Cl4N2O3. The molecule has 3 aromatic rings. The second-order valence-corrected chi connectivity index (χ2v) is 8.45. The van der Waals surface area contributed by atoms with E-state index in [4.69, 9.17) is 46.4 Å². The third kappa shape index (κ3) is 3.55. The lowest BCUT2D eigenvalue weighted by Gasteiger charge is -2.18. The second-order valence-electron chi connectivity index (χ2n) is 6.93. The number of anilines is 2. The minimum Gasteiger partial charge on any atom is -0.322 e. The number of nitrogens with zero attached hydrogens (tertiary/aromatic N) is 1. The topological polar surface area (TPSA) is 66.5 Å². The first kappa shape index (κ1) is 22.6. The third-order valence-electron chi connectivity index (χ3n) is 5.14. The molecule has 0 saturated heterocycles. The average Bonchev–Trinajstić information content (AvgIpc) is 3.06. The van der Waals surface area contributed by atoms with Crippen LogP contribution in [-0.2, 0) is 6.42 Å². The van der Waals surface area contributed by atoms with Crippen LogP contribution < -0.4 is 10.2 Å². The molecule has 3 aromatic carbocycles. The summed E-state index contributed by atoms with van der Waals surface area (Å²) in [5.41, 5.74) is 1.50. The van der Waals surface area contributed by atoms with E-state index in [2.05, 4.69) is 5.32 Å². The summed E-state index contributed by atoms with van der Waals surface area (Å²) in [6, 6.07) is 13.6. The van der Waals surface area contributed by atoms with Crippen molar-refractivity contribution in [3.05, 3.63) is 90.9 Å². The number of nitrogens with one attached hydrogen (secondary N) is 1. The lowest BCUT2D eigenvalue weighted by atomic mass is 10.1. The number of carbonyl (C=O) groups is 3. The summed E-state index contributed by atoms with van der Waals surface area (Å²) in [7, 11) is 0. The highest BCUT2D eigenvalue weighted by molar-refractivity contribution is 6.56. The first-order valence-electron chi connectivity index (χ1n) is 9.50. The number of hydrogen-bond acceptors (Lipinski definition) is 3. The van der Waals surface area contributed by atoms with Crippen LogP contribution in [0.5, 0.6) is 0 Å². The Morgan fingerprint density at radius 1 is 0.812 bits per heavy atom. The van der Waals surface area contributed by atoms with Crippen molar-refractivity contribution in [1.29, 1.82) is 0 Å². The van der Waals surface area contributed by atoms with Crippen LogP contribution in [0.15, 0.2) is 48.5 Å². The van der Waals surface area contributed by atoms with Crippen LogP contribution in [0.4, 0.5) is 11.4 Å². The van der Waals surface area contributed by atoms with Crippen LogP contribution in [0.2, 0.25) is 20.1 Å². The highest BCUT2D eigenvalue weighted by atomic mass is 35.5. The molecule has 0 aromatic heterocycles. The van der Waals surface area contributed by atoms with Crippen LogP contribution in [0.25, 0.3) is 0 Å². The van der Waals surface area contributed by atoms with Crippen LogP contribution in [0.1, 0.15) is 43.6 Å². The van der Waals surface area contributed by atoms with Crippen LogP contribution in [0.3, 0.4) is 0 Å². The predicted octanol–water partition coefficient (Wildman–Crippen LogP) is 6.92. The van der Waals surface area contributed by atoms with Gasteiger partial charge in [0.15, 0.2) is 0 Å². The SMILES string of the molecule is CCc1ccccc1NC(=O)c1ccccc1N1C(=O)c2c(Cl)c(Cl)c(Cl)c(Cl)c2C1=O. The van der Waals surface area contributed by atoms with Gasteiger partial charge in [0.25, 0.3) is 17.7 Å². The maximum atomic E-state index is 13.2. The number of carbonyl (C=O) groups excluding carboxylic acids is 3. The average molecular weight is 508 g/mol. The van der Waals surface area contributed by atoms with Gasteiger partial charge >= 0.3 is 0 Å². The summed E-state index contributed by atoms with van der Waals surface area (Å²) >= 11 is 24.6. The molecule has 0 bridgehead atoms. The molecule has 0 spiro atoms. The normalized spacial score (nSPS) is 12.8. The fourth-order valence-electron chi connectivity index (χ4n) is 3.57. The molecule has 5 nitrogen and oxygen atoms in total. The number of benzene rings is 3. The minimum absolute atomic E-state index is 0.0876. The zero-order chi connectivity index (χ0) is 23.2. The standard InChI is InChI=1S/C23H14Cl4N2O3/c1-2-11-7-3-5-9-13(11)28-21(30)12-8-4-6-10-14(12)29-22(31)15-16(23(29)32)18(25)20(27)19(26)17(15)24/h3-10H,2H2,1H3,(H,28,30). The molecule has 1 aliphatic heterocycles. The smallest absolute Gasteiger partial charge is 0.267 e. The predicted molar refractivity (Wildman–Crippen MR) is 128 cm³/mol. The number of amides is 3. The zero-order valence-corrected chi connectivity index (χ0v) is 19.5. The van der Waals surface area contributed by atoms with Crippen molar-refractivity contribution in [1.82, 2.24) is 0 Å². The number of hydrogen-bond donors (Lipinski definition) is 1. The van der Waals surface area contributed by atoms with E-state index in [0.717, 1.165) is 16.9 Å². The van der Waals surface area contributed by atoms with E-state index in [-0.39, 0.29) is 42.5 Å². The second kappa shape index (κ2) is 8.75. The molecule has 3 amide bonds. The molecule has 1 aliphatic rings. The van der Waals surface area contributed by atoms with Gasteiger partial charge in [-0.25, -0.2) is 4.90 Å². The van der Waals surface area contributed by atoms with Crippen molar-refractivity contribution in [3.63, 3.8) is 0 Å². The van der Waals surface area contributed by atoms with Crippen LogP contribution in [0, 0.1) is 0 Å². The van der Waals surface area contributed by atoms with Crippen molar-refractivity contribution in [3.8, 4) is 0 Å². The Morgan fingerprint density at radius 3 is 1.94 bits per heavy atom. The van der Waals surface area contributed by atoms with Gasteiger partial charge < -0.3 is 5.32 Å². The summed E-state index contributed by atoms with van der Waals surface area (Å²) in [4.78, 5) is 40.4. The molecule has 0 unspecified atom stereocenters. The third-order valence-corrected chi connectivity index (χ3v) is 6.94. The van der Waals surface area contributed by atoms with E-state index in [0.29, 0.717) is 5.69 Å². The number of aryl methyl sites for hydroxylation is 1. The van der Waals surface area contributed by atoms with Crippen molar-refractivity contribution < 1.29 is 14.4 Å². The van der Waals surface area contributed by atoms with E-state index in [1.807, 2.05) is 25.1 Å². The lowest BCUT2D eigenvalue weighted by Crippen LogP contribution is -2.31. The number of fused-ring (bicyclic) bond motifs is 1. The number of imide groups is 1. The molecule has 9 heteroatoms. The van der Waals surface area contributed by atoms with Gasteiger partial charge in [0.1, 0.15) is 0 Å². The Bertz CT molecular complexity index is 1260. The van der Waals surface area contributed by atoms with Gasteiger partial charge in [0.2, 0.25) is 0 Å². The Kier molecular flexibility index (Phi) is 6.19. The van der Waals surface area contributed by atoms with Crippen LogP contribution in [-0.4, -0.2) is 17.7 Å². The van der Waals surface area contributed by atoms with E-state index in [9.17, 15) is 14.4 Å². The van der Waals surface area contributed by atoms with E-state index in [1.165, 1.54) is 12.1 Å². The lowest BCUT2D eigenvalue weighted by molar-refractivity contribution is 0.0926. The summed E-state index contributed by atoms with van der Waals surface area (Å²) in [6.07, 6.45) is 0.717. The molecule has 1 N–H and O–H groups in total. The molecule has 162 valence electrons. The Hall–Kier alpha value is -2.57. The van der Waals surface area contributed by atoms with Crippen molar-refractivity contribution >= 4 is 75.5 Å². The quantitative estimate of drug-likeness (QED) is 0.237. The summed E-state index contributed by atoms with van der Waals surface area (Å²) in [6.45, 7) is 1.97.